The fourth-order valence-corrected chi connectivity index (χ4v) is 5.55. The van der Waals surface area contributed by atoms with Gasteiger partial charge in [-0.25, -0.2) is 4.98 Å². The molecule has 25 heavy (non-hydrogen) atoms. The molecule has 3 aliphatic heterocycles. The summed E-state index contributed by atoms with van der Waals surface area (Å²) in [5.41, 5.74) is 2.66. The number of nitrogens with one attached hydrogen (secondary N) is 2. The lowest BCUT2D eigenvalue weighted by molar-refractivity contribution is -0.0268. The van der Waals surface area contributed by atoms with Crippen molar-refractivity contribution in [1.29, 1.82) is 0 Å². The van der Waals surface area contributed by atoms with Crippen molar-refractivity contribution in [1.82, 2.24) is 25.1 Å². The summed E-state index contributed by atoms with van der Waals surface area (Å²) in [5.74, 6) is 1.57. The van der Waals surface area contributed by atoms with Crippen LogP contribution in [0.15, 0.2) is 17.1 Å². The highest BCUT2D eigenvalue weighted by Crippen LogP contribution is 2.44. The van der Waals surface area contributed by atoms with Crippen molar-refractivity contribution < 1.29 is 0 Å². The predicted molar refractivity (Wildman–Crippen MR) is 98.8 cm³/mol. The third kappa shape index (κ3) is 2.22. The Morgan fingerprint density at radius 1 is 1.36 bits per heavy atom. The van der Waals surface area contributed by atoms with Gasteiger partial charge in [0.05, 0.1) is 17.3 Å². The number of H-pyrrole nitrogens is 2. The van der Waals surface area contributed by atoms with E-state index in [1.165, 1.54) is 24.2 Å². The van der Waals surface area contributed by atoms with Gasteiger partial charge in [0.1, 0.15) is 10.5 Å². The lowest BCUT2D eigenvalue weighted by Crippen LogP contribution is -2.55. The first kappa shape index (κ1) is 15.3. The minimum Gasteiger partial charge on any atom is -0.308 e. The van der Waals surface area contributed by atoms with Gasteiger partial charge in [-0.1, -0.05) is 0 Å². The van der Waals surface area contributed by atoms with Crippen molar-refractivity contribution >= 4 is 21.6 Å². The summed E-state index contributed by atoms with van der Waals surface area (Å²) in [6.45, 7) is 6.43. The van der Waals surface area contributed by atoms with Crippen LogP contribution in [0.3, 0.4) is 0 Å². The second-order valence-corrected chi connectivity index (χ2v) is 8.61. The van der Waals surface area contributed by atoms with Crippen LogP contribution in [0.25, 0.3) is 20.7 Å². The van der Waals surface area contributed by atoms with Gasteiger partial charge < -0.3 is 4.98 Å². The molecule has 6 rings (SSSR count). The second kappa shape index (κ2) is 5.25. The van der Waals surface area contributed by atoms with Gasteiger partial charge in [0.15, 0.2) is 0 Å². The van der Waals surface area contributed by atoms with E-state index in [1.807, 2.05) is 19.2 Å². The lowest BCUT2D eigenvalue weighted by atomic mass is 9.75. The Morgan fingerprint density at radius 3 is 2.80 bits per heavy atom. The number of piperidine rings is 3. The van der Waals surface area contributed by atoms with E-state index in [9.17, 15) is 4.79 Å². The number of hydrogen-bond donors (Lipinski definition) is 2. The standard InChI is InChI=1S/C18H21N5OS/c1-10-12(9-19-22-10)14-7-13-15(25-14)16(24)21-17(20-13)18(2)8-11-3-5-23(18)6-4-11/h7,9,11H,3-6,8H2,1-2H3,(H,19,22)(H,20,21,24)/t18-/m0/s1. The maximum Gasteiger partial charge on any atom is 0.268 e. The monoisotopic (exact) mass is 355 g/mol. The maximum atomic E-state index is 12.7. The molecule has 0 amide bonds. The number of nitrogens with zero attached hydrogens (tertiary/aromatic N) is 3. The van der Waals surface area contributed by atoms with Crippen LogP contribution >= 0.6 is 11.3 Å². The third-order valence-corrected chi connectivity index (χ3v) is 7.14. The van der Waals surface area contributed by atoms with Crippen molar-refractivity contribution in [3.8, 4) is 10.4 Å². The van der Waals surface area contributed by atoms with E-state index in [-0.39, 0.29) is 11.1 Å². The SMILES string of the molecule is Cc1[nH]ncc1-c1cc2nc([C@]3(C)CC4CCN3CC4)[nH]c(=O)c2s1. The summed E-state index contributed by atoms with van der Waals surface area (Å²) in [5, 5.41) is 7.04. The zero-order chi connectivity index (χ0) is 17.2. The summed E-state index contributed by atoms with van der Waals surface area (Å²) in [6, 6.07) is 2.02. The highest BCUT2D eigenvalue weighted by Gasteiger charge is 2.45. The van der Waals surface area contributed by atoms with Crippen molar-refractivity contribution in [2.24, 2.45) is 5.92 Å². The van der Waals surface area contributed by atoms with E-state index >= 15 is 0 Å². The first-order valence-corrected chi connectivity index (χ1v) is 9.66. The van der Waals surface area contributed by atoms with E-state index in [4.69, 9.17) is 4.98 Å². The Hall–Kier alpha value is -1.99. The molecule has 6 heterocycles. The molecule has 2 bridgehead atoms. The summed E-state index contributed by atoms with van der Waals surface area (Å²) < 4.78 is 0.693. The zero-order valence-corrected chi connectivity index (χ0v) is 15.2. The van der Waals surface area contributed by atoms with Crippen LogP contribution in [0.4, 0.5) is 0 Å². The molecule has 7 heteroatoms. The Morgan fingerprint density at radius 2 is 2.16 bits per heavy atom. The topological polar surface area (TPSA) is 77.7 Å². The molecule has 6 nitrogen and oxygen atoms in total. The fourth-order valence-electron chi connectivity index (χ4n) is 4.50. The van der Waals surface area contributed by atoms with Gasteiger partial charge in [-0.15, -0.1) is 11.3 Å². The Kier molecular flexibility index (Phi) is 3.21. The molecular formula is C18H21N5OS. The summed E-state index contributed by atoms with van der Waals surface area (Å²) in [6.07, 6.45) is 5.43. The highest BCUT2D eigenvalue weighted by molar-refractivity contribution is 7.22. The Bertz CT molecular complexity index is 1010. The van der Waals surface area contributed by atoms with Crippen molar-refractivity contribution in [2.45, 2.75) is 38.6 Å². The predicted octanol–water partition coefficient (Wildman–Crippen LogP) is 3.01. The normalized spacial score (nSPS) is 28.7. The number of aromatic nitrogens is 4. The first-order chi connectivity index (χ1) is 12.0. The van der Waals surface area contributed by atoms with Crippen molar-refractivity contribution in [3.05, 3.63) is 34.1 Å². The molecule has 3 aromatic rings. The van der Waals surface area contributed by atoms with Gasteiger partial charge in [-0.05, 0) is 58.2 Å². The smallest absolute Gasteiger partial charge is 0.268 e. The van der Waals surface area contributed by atoms with Crippen LogP contribution in [-0.2, 0) is 5.54 Å². The largest absolute Gasteiger partial charge is 0.308 e. The number of thiophene rings is 1. The zero-order valence-electron chi connectivity index (χ0n) is 14.4. The molecule has 3 aliphatic rings. The number of rotatable bonds is 2. The first-order valence-electron chi connectivity index (χ1n) is 8.84. The summed E-state index contributed by atoms with van der Waals surface area (Å²) in [4.78, 5) is 24.2. The number of hydrogen-bond acceptors (Lipinski definition) is 5. The molecule has 0 spiro atoms. The van der Waals surface area contributed by atoms with Crippen LogP contribution in [-0.4, -0.2) is 38.2 Å². The Balaban J connectivity index is 1.64. The van der Waals surface area contributed by atoms with Crippen molar-refractivity contribution in [2.75, 3.05) is 13.1 Å². The van der Waals surface area contributed by atoms with Crippen LogP contribution in [0.2, 0.25) is 0 Å². The minimum absolute atomic E-state index is 0.0266. The van der Waals surface area contributed by atoms with Crippen molar-refractivity contribution in [3.63, 3.8) is 0 Å². The molecule has 130 valence electrons. The van der Waals surface area contributed by atoms with E-state index < -0.39 is 0 Å². The fraction of sp³-hybridized carbons (Fsp3) is 0.500. The van der Waals surface area contributed by atoms with Gasteiger partial charge in [0.2, 0.25) is 0 Å². The van der Waals surface area contributed by atoms with E-state index in [1.54, 1.807) is 0 Å². The molecule has 0 radical (unpaired) electrons. The van der Waals surface area contributed by atoms with Crippen LogP contribution in [0.1, 0.15) is 37.7 Å². The highest BCUT2D eigenvalue weighted by atomic mass is 32.1. The maximum absolute atomic E-state index is 12.7. The molecule has 2 N–H and O–H groups in total. The molecule has 3 fully saturated rings. The second-order valence-electron chi connectivity index (χ2n) is 7.56. The van der Waals surface area contributed by atoms with Crippen LogP contribution < -0.4 is 5.56 Å². The number of aryl methyl sites for hydroxylation is 1. The van der Waals surface area contributed by atoms with Gasteiger partial charge in [-0.2, -0.15) is 5.10 Å². The van der Waals surface area contributed by atoms with E-state index in [2.05, 4.69) is 27.0 Å². The van der Waals surface area contributed by atoms with E-state index in [0.29, 0.717) is 4.70 Å². The number of aromatic amines is 2. The molecule has 3 aromatic heterocycles. The van der Waals surface area contributed by atoms with E-state index in [0.717, 1.165) is 52.9 Å². The molecule has 0 aromatic carbocycles. The lowest BCUT2D eigenvalue weighted by Gasteiger charge is -2.51. The number of fused-ring (bicyclic) bond motifs is 4. The molecular weight excluding hydrogens is 334 g/mol. The van der Waals surface area contributed by atoms with Crippen LogP contribution in [0.5, 0.6) is 0 Å². The quantitative estimate of drug-likeness (QED) is 0.741. The molecule has 0 aliphatic carbocycles. The molecule has 3 saturated heterocycles. The third-order valence-electron chi connectivity index (χ3n) is 5.99. The van der Waals surface area contributed by atoms with Crippen LogP contribution in [0, 0.1) is 12.8 Å². The average Bonchev–Trinajstić information content (AvgIpc) is 3.21. The summed E-state index contributed by atoms with van der Waals surface area (Å²) >= 11 is 1.49. The summed E-state index contributed by atoms with van der Waals surface area (Å²) in [7, 11) is 0. The van der Waals surface area contributed by atoms with Gasteiger partial charge in [-0.3, -0.25) is 14.8 Å². The average molecular weight is 355 g/mol. The van der Waals surface area contributed by atoms with Gasteiger partial charge in [0.25, 0.3) is 5.56 Å². The molecule has 1 atom stereocenters. The van der Waals surface area contributed by atoms with Gasteiger partial charge in [0, 0.05) is 16.1 Å². The molecule has 0 unspecified atom stereocenters. The van der Waals surface area contributed by atoms with Gasteiger partial charge >= 0.3 is 0 Å². The minimum atomic E-state index is -0.151. The Labute approximate surface area is 149 Å². The molecule has 0 saturated carbocycles.